The molecule has 0 amide bonds. The summed E-state index contributed by atoms with van der Waals surface area (Å²) in [7, 11) is 0. The van der Waals surface area contributed by atoms with Crippen LogP contribution in [0.15, 0.2) is 72.8 Å². The van der Waals surface area contributed by atoms with E-state index in [1.54, 1.807) is 0 Å². The third-order valence-corrected chi connectivity index (χ3v) is 4.64. The average molecular weight is 388 g/mol. The smallest absolute Gasteiger partial charge is 0.0355 e. The van der Waals surface area contributed by atoms with Crippen LogP contribution in [-0.4, -0.2) is 0 Å². The van der Waals surface area contributed by atoms with E-state index in [1.165, 1.54) is 31.3 Å². The molecule has 1 heterocycles. The van der Waals surface area contributed by atoms with E-state index in [9.17, 15) is 0 Å². The van der Waals surface area contributed by atoms with Crippen LogP contribution in [0.1, 0.15) is 0 Å². The molecule has 0 bridgehead atoms. The van der Waals surface area contributed by atoms with Crippen LogP contribution in [0.5, 0.6) is 0 Å². The van der Waals surface area contributed by atoms with E-state index in [2.05, 4.69) is 72.8 Å². The second-order valence-corrected chi connectivity index (χ2v) is 5.76. The normalized spacial score (nSPS) is 10.6. The Kier molecular flexibility index (Phi) is 3.76. The van der Waals surface area contributed by atoms with E-state index in [0.717, 1.165) is 0 Å². The van der Waals surface area contributed by atoms with Gasteiger partial charge in [-0.1, -0.05) is 54.6 Å². The molecule has 0 fully saturated rings. The largest absolute Gasteiger partial charge is 0.135 e. The van der Waals surface area contributed by atoms with Crippen molar-refractivity contribution >= 4 is 55.5 Å². The molecule has 0 radical (unpaired) electrons. The first-order chi connectivity index (χ1) is 9.42. The van der Waals surface area contributed by atoms with Gasteiger partial charge in [-0.15, -0.1) is 35.3 Å². The van der Waals surface area contributed by atoms with Crippen molar-refractivity contribution in [3.63, 3.8) is 0 Å². The highest BCUT2D eigenvalue weighted by Crippen LogP contribution is 2.35. The highest BCUT2D eigenvalue weighted by atomic mass is 127. The number of hydrogen-bond acceptors (Lipinski definition) is 1. The molecule has 0 aliphatic rings. The predicted molar refractivity (Wildman–Crippen MR) is 100 cm³/mol. The summed E-state index contributed by atoms with van der Waals surface area (Å²) in [6.45, 7) is 0. The lowest BCUT2D eigenvalue weighted by atomic mass is 10.0. The molecule has 98 valence electrons. The minimum absolute atomic E-state index is 0. The van der Waals surface area contributed by atoms with Crippen LogP contribution in [-0.2, 0) is 0 Å². The molecule has 4 rings (SSSR count). The van der Waals surface area contributed by atoms with E-state index in [4.69, 9.17) is 0 Å². The topological polar surface area (TPSA) is 0 Å². The van der Waals surface area contributed by atoms with E-state index in [1.807, 2.05) is 11.3 Å². The Morgan fingerprint density at radius 2 is 1.25 bits per heavy atom. The summed E-state index contributed by atoms with van der Waals surface area (Å²) >= 11 is 1.87. The number of hydrogen-bond donors (Lipinski definition) is 0. The number of benzene rings is 3. The summed E-state index contributed by atoms with van der Waals surface area (Å²) in [5.74, 6) is 0. The van der Waals surface area contributed by atoms with Gasteiger partial charge in [0.25, 0.3) is 0 Å². The lowest BCUT2D eigenvalue weighted by molar-refractivity contribution is 1.66. The van der Waals surface area contributed by atoms with Crippen LogP contribution in [0.25, 0.3) is 31.3 Å². The molecule has 1 aromatic heterocycles. The first kappa shape index (κ1) is 13.6. The van der Waals surface area contributed by atoms with Gasteiger partial charge in [-0.3, -0.25) is 0 Å². The van der Waals surface area contributed by atoms with Crippen molar-refractivity contribution in [3.05, 3.63) is 72.8 Å². The molecular weight excluding hydrogens is 375 g/mol. The van der Waals surface area contributed by atoms with E-state index in [0.29, 0.717) is 0 Å². The third kappa shape index (κ3) is 2.23. The Morgan fingerprint density at radius 3 is 2.10 bits per heavy atom. The molecule has 3 aromatic carbocycles. The molecule has 2 heteroatoms. The van der Waals surface area contributed by atoms with Gasteiger partial charge in [0.1, 0.15) is 0 Å². The summed E-state index contributed by atoms with van der Waals surface area (Å²) in [4.78, 5) is 0. The van der Waals surface area contributed by atoms with E-state index in [-0.39, 0.29) is 24.0 Å². The van der Waals surface area contributed by atoms with Gasteiger partial charge in [-0.25, -0.2) is 0 Å². The highest BCUT2D eigenvalue weighted by molar-refractivity contribution is 14.0. The lowest BCUT2D eigenvalue weighted by Gasteiger charge is -2.01. The second-order valence-electron chi connectivity index (χ2n) is 4.68. The summed E-state index contributed by atoms with van der Waals surface area (Å²) in [5.41, 5.74) is 2.57. The number of halogens is 1. The molecule has 20 heavy (non-hydrogen) atoms. The molecule has 0 saturated carbocycles. The van der Waals surface area contributed by atoms with Gasteiger partial charge < -0.3 is 0 Å². The van der Waals surface area contributed by atoms with Gasteiger partial charge in [0.2, 0.25) is 0 Å². The standard InChI is InChI=1S/C18H12S.HI/c1-2-6-13(7-3-1)14-10-11-18-16(12-14)15-8-4-5-9-17(15)19-18;/h1-12H;1H. The Hall–Kier alpha value is -1.39. The maximum Gasteiger partial charge on any atom is 0.0355 e. The Labute approximate surface area is 139 Å². The van der Waals surface area contributed by atoms with Crippen molar-refractivity contribution in [2.75, 3.05) is 0 Å². The summed E-state index contributed by atoms with van der Waals surface area (Å²) in [6.07, 6.45) is 0. The maximum absolute atomic E-state index is 2.31. The van der Waals surface area contributed by atoms with Gasteiger partial charge in [0.05, 0.1) is 0 Å². The fourth-order valence-electron chi connectivity index (χ4n) is 2.54. The van der Waals surface area contributed by atoms with Crippen molar-refractivity contribution in [2.45, 2.75) is 0 Å². The zero-order chi connectivity index (χ0) is 12.7. The molecule has 0 aliphatic carbocycles. The summed E-state index contributed by atoms with van der Waals surface area (Å²) in [5, 5.41) is 2.72. The van der Waals surface area contributed by atoms with Gasteiger partial charge in [0, 0.05) is 20.2 Å². The zero-order valence-electron chi connectivity index (χ0n) is 10.7. The van der Waals surface area contributed by atoms with Gasteiger partial charge in [0.15, 0.2) is 0 Å². The molecule has 0 aliphatic heterocycles. The van der Waals surface area contributed by atoms with Crippen molar-refractivity contribution in [3.8, 4) is 11.1 Å². The van der Waals surface area contributed by atoms with E-state index < -0.39 is 0 Å². The molecule has 0 spiro atoms. The lowest BCUT2D eigenvalue weighted by Crippen LogP contribution is -1.76. The highest BCUT2D eigenvalue weighted by Gasteiger charge is 2.05. The summed E-state index contributed by atoms with van der Waals surface area (Å²) in [6, 6.07) is 26.0. The third-order valence-electron chi connectivity index (χ3n) is 3.48. The number of thiophene rings is 1. The molecule has 0 atom stereocenters. The predicted octanol–water partition coefficient (Wildman–Crippen LogP) is 6.34. The van der Waals surface area contributed by atoms with Crippen molar-refractivity contribution in [1.29, 1.82) is 0 Å². The molecule has 4 aromatic rings. The number of fused-ring (bicyclic) bond motifs is 3. The quantitative estimate of drug-likeness (QED) is 0.334. The molecular formula is C18H13IS. The molecule has 0 N–H and O–H groups in total. The SMILES string of the molecule is I.c1ccc(-c2ccc3sc4ccccc4c3c2)cc1. The van der Waals surface area contributed by atoms with Gasteiger partial charge >= 0.3 is 0 Å². The molecule has 0 nitrogen and oxygen atoms in total. The van der Waals surface area contributed by atoms with E-state index >= 15 is 0 Å². The second kappa shape index (κ2) is 5.54. The average Bonchev–Trinajstić information content (AvgIpc) is 2.86. The Bertz CT molecular complexity index is 862. The fraction of sp³-hybridized carbons (Fsp3) is 0. The monoisotopic (exact) mass is 388 g/mol. The van der Waals surface area contributed by atoms with Crippen LogP contribution in [0.3, 0.4) is 0 Å². The first-order valence-corrected chi connectivity index (χ1v) is 7.20. The summed E-state index contributed by atoms with van der Waals surface area (Å²) < 4.78 is 2.73. The number of rotatable bonds is 1. The minimum atomic E-state index is 0. The van der Waals surface area contributed by atoms with Crippen LogP contribution >= 0.6 is 35.3 Å². The van der Waals surface area contributed by atoms with Gasteiger partial charge in [-0.05, 0) is 29.3 Å². The van der Waals surface area contributed by atoms with Crippen molar-refractivity contribution in [1.82, 2.24) is 0 Å². The molecule has 0 unspecified atom stereocenters. The van der Waals surface area contributed by atoms with Crippen molar-refractivity contribution < 1.29 is 0 Å². The molecule has 0 saturated heterocycles. The Morgan fingerprint density at radius 1 is 0.550 bits per heavy atom. The zero-order valence-corrected chi connectivity index (χ0v) is 13.9. The van der Waals surface area contributed by atoms with Crippen LogP contribution in [0, 0.1) is 0 Å². The minimum Gasteiger partial charge on any atom is -0.135 e. The van der Waals surface area contributed by atoms with Crippen LogP contribution in [0.4, 0.5) is 0 Å². The van der Waals surface area contributed by atoms with Crippen LogP contribution in [0.2, 0.25) is 0 Å². The fourth-order valence-corrected chi connectivity index (χ4v) is 3.62. The van der Waals surface area contributed by atoms with Crippen molar-refractivity contribution in [2.24, 2.45) is 0 Å². The Balaban J connectivity index is 0.00000121. The van der Waals surface area contributed by atoms with Gasteiger partial charge in [-0.2, -0.15) is 0 Å². The van der Waals surface area contributed by atoms with Crippen LogP contribution < -0.4 is 0 Å². The maximum atomic E-state index is 2.31. The first-order valence-electron chi connectivity index (χ1n) is 6.38.